The first kappa shape index (κ1) is 10.3. The van der Waals surface area contributed by atoms with Gasteiger partial charge in [-0.3, -0.25) is 0 Å². The Hall–Kier alpha value is -1.20. The molecule has 0 unspecified atom stereocenters. The molecule has 15 heavy (non-hydrogen) atoms. The van der Waals surface area contributed by atoms with Gasteiger partial charge in [0.05, 0.1) is 5.69 Å². The number of nitrogens with one attached hydrogen (secondary N) is 1. The minimum absolute atomic E-state index is 0.429. The summed E-state index contributed by atoms with van der Waals surface area (Å²) in [5, 5.41) is 6.28. The number of rotatable bonds is 2. The van der Waals surface area contributed by atoms with E-state index in [9.17, 15) is 0 Å². The third-order valence-corrected chi connectivity index (χ3v) is 2.73. The van der Waals surface area contributed by atoms with Crippen molar-refractivity contribution >= 4 is 33.9 Å². The van der Waals surface area contributed by atoms with Crippen LogP contribution < -0.4 is 5.32 Å². The second-order valence-electron chi connectivity index (χ2n) is 3.04. The second-order valence-corrected chi connectivity index (χ2v) is 4.29. The lowest BCUT2D eigenvalue weighted by Crippen LogP contribution is -1.96. The summed E-state index contributed by atoms with van der Waals surface area (Å²) in [4.78, 5) is 12.4. The molecule has 0 aliphatic rings. The Bertz CT molecular complexity index is 462. The van der Waals surface area contributed by atoms with Crippen molar-refractivity contribution in [2.45, 2.75) is 13.8 Å². The third kappa shape index (κ3) is 2.64. The largest absolute Gasteiger partial charge is 0.316 e. The van der Waals surface area contributed by atoms with Crippen LogP contribution in [-0.2, 0) is 0 Å². The lowest BCUT2D eigenvalue weighted by molar-refractivity contribution is 1.05. The van der Waals surface area contributed by atoms with Gasteiger partial charge < -0.3 is 5.32 Å². The Morgan fingerprint density at radius 3 is 2.67 bits per heavy atom. The number of aryl methyl sites for hydroxylation is 2. The Morgan fingerprint density at radius 2 is 2.07 bits per heavy atom. The molecule has 0 aliphatic carbocycles. The molecular formula is C9H9ClN4S. The molecule has 0 aromatic carbocycles. The molecule has 2 heterocycles. The minimum atomic E-state index is 0.429. The van der Waals surface area contributed by atoms with E-state index < -0.39 is 0 Å². The first-order chi connectivity index (χ1) is 7.13. The van der Waals surface area contributed by atoms with Crippen LogP contribution in [0.25, 0.3) is 0 Å². The van der Waals surface area contributed by atoms with Crippen molar-refractivity contribution in [3.05, 3.63) is 28.1 Å². The van der Waals surface area contributed by atoms with Crippen molar-refractivity contribution in [2.24, 2.45) is 0 Å². The maximum atomic E-state index is 5.81. The second kappa shape index (κ2) is 4.12. The van der Waals surface area contributed by atoms with Crippen LogP contribution in [0, 0.1) is 13.8 Å². The molecule has 0 radical (unpaired) electrons. The summed E-state index contributed by atoms with van der Waals surface area (Å²) in [5.41, 5.74) is 0.986. The van der Waals surface area contributed by atoms with Gasteiger partial charge in [0, 0.05) is 11.4 Å². The van der Waals surface area contributed by atoms with E-state index in [1.807, 2.05) is 12.3 Å². The molecule has 78 valence electrons. The van der Waals surface area contributed by atoms with Gasteiger partial charge in [-0.05, 0) is 13.8 Å². The number of hydrogen-bond acceptors (Lipinski definition) is 5. The molecule has 0 aliphatic heterocycles. The van der Waals surface area contributed by atoms with Crippen LogP contribution in [0.5, 0.6) is 0 Å². The molecule has 4 nitrogen and oxygen atoms in total. The highest BCUT2D eigenvalue weighted by molar-refractivity contribution is 7.13. The van der Waals surface area contributed by atoms with Gasteiger partial charge in [-0.1, -0.05) is 11.6 Å². The standard InChI is InChI=1S/C9H9ClN4S/c1-5-4-15-9(11-5)14-8-3-7(10)12-6(2)13-8/h3-4H,1-2H3,(H,11,12,13,14). The molecule has 0 amide bonds. The van der Waals surface area contributed by atoms with Crippen LogP contribution >= 0.6 is 22.9 Å². The molecule has 0 saturated carbocycles. The molecule has 0 spiro atoms. The average Bonchev–Trinajstić information content (AvgIpc) is 2.49. The van der Waals surface area contributed by atoms with Gasteiger partial charge >= 0.3 is 0 Å². The zero-order valence-electron chi connectivity index (χ0n) is 8.28. The molecular weight excluding hydrogens is 232 g/mol. The number of nitrogens with zero attached hydrogens (tertiary/aromatic N) is 3. The Morgan fingerprint density at radius 1 is 1.27 bits per heavy atom. The van der Waals surface area contributed by atoms with E-state index in [0.29, 0.717) is 16.8 Å². The van der Waals surface area contributed by atoms with Crippen LogP contribution in [0.2, 0.25) is 5.15 Å². The lowest BCUT2D eigenvalue weighted by Gasteiger charge is -2.02. The smallest absolute Gasteiger partial charge is 0.188 e. The monoisotopic (exact) mass is 240 g/mol. The fraction of sp³-hybridized carbons (Fsp3) is 0.222. The maximum absolute atomic E-state index is 5.81. The first-order valence-electron chi connectivity index (χ1n) is 4.34. The molecule has 2 aromatic heterocycles. The predicted octanol–water partition coefficient (Wildman–Crippen LogP) is 2.95. The van der Waals surface area contributed by atoms with E-state index in [4.69, 9.17) is 11.6 Å². The Balaban J connectivity index is 2.24. The summed E-state index contributed by atoms with van der Waals surface area (Å²) in [7, 11) is 0. The highest BCUT2D eigenvalue weighted by Gasteiger charge is 2.02. The van der Waals surface area contributed by atoms with Crippen molar-refractivity contribution < 1.29 is 0 Å². The van der Waals surface area contributed by atoms with E-state index in [-0.39, 0.29) is 0 Å². The molecule has 0 bridgehead atoms. The third-order valence-electron chi connectivity index (χ3n) is 1.66. The number of hydrogen-bond donors (Lipinski definition) is 1. The van der Waals surface area contributed by atoms with E-state index in [1.165, 1.54) is 11.3 Å². The van der Waals surface area contributed by atoms with Gasteiger partial charge in [0.25, 0.3) is 0 Å². The number of anilines is 2. The lowest BCUT2D eigenvalue weighted by atomic mass is 10.5. The Kier molecular flexibility index (Phi) is 2.83. The summed E-state index contributed by atoms with van der Waals surface area (Å²) in [6.07, 6.45) is 0. The topological polar surface area (TPSA) is 50.7 Å². The predicted molar refractivity (Wildman–Crippen MR) is 61.9 cm³/mol. The molecule has 0 fully saturated rings. The van der Waals surface area contributed by atoms with Gasteiger partial charge in [-0.25, -0.2) is 15.0 Å². The first-order valence-corrected chi connectivity index (χ1v) is 5.59. The summed E-state index contributed by atoms with van der Waals surface area (Å²) >= 11 is 7.34. The van der Waals surface area contributed by atoms with Gasteiger partial charge in [0.15, 0.2) is 5.13 Å². The number of aromatic nitrogens is 3. The molecule has 2 rings (SSSR count). The van der Waals surface area contributed by atoms with Crippen LogP contribution in [0.1, 0.15) is 11.5 Å². The van der Waals surface area contributed by atoms with Crippen LogP contribution in [0.15, 0.2) is 11.4 Å². The summed E-state index contributed by atoms with van der Waals surface area (Å²) in [6, 6.07) is 1.67. The average molecular weight is 241 g/mol. The van der Waals surface area contributed by atoms with Crippen molar-refractivity contribution in [1.82, 2.24) is 15.0 Å². The normalized spacial score (nSPS) is 10.3. The molecule has 2 aromatic rings. The maximum Gasteiger partial charge on any atom is 0.188 e. The number of thiazole rings is 1. The zero-order chi connectivity index (χ0) is 10.8. The van der Waals surface area contributed by atoms with E-state index in [1.54, 1.807) is 13.0 Å². The van der Waals surface area contributed by atoms with Crippen LogP contribution in [0.4, 0.5) is 10.9 Å². The molecule has 6 heteroatoms. The van der Waals surface area contributed by atoms with Gasteiger partial charge in [0.1, 0.15) is 16.8 Å². The summed E-state index contributed by atoms with van der Waals surface area (Å²) in [5.74, 6) is 1.31. The highest BCUT2D eigenvalue weighted by Crippen LogP contribution is 2.20. The van der Waals surface area contributed by atoms with Crippen molar-refractivity contribution in [3.63, 3.8) is 0 Å². The van der Waals surface area contributed by atoms with Gasteiger partial charge in [-0.15, -0.1) is 11.3 Å². The van der Waals surface area contributed by atoms with Crippen molar-refractivity contribution in [2.75, 3.05) is 5.32 Å². The zero-order valence-corrected chi connectivity index (χ0v) is 9.85. The summed E-state index contributed by atoms with van der Waals surface area (Å²) in [6.45, 7) is 3.74. The van der Waals surface area contributed by atoms with Crippen LogP contribution in [0.3, 0.4) is 0 Å². The SMILES string of the molecule is Cc1csc(Nc2cc(Cl)nc(C)n2)n1. The van der Waals surface area contributed by atoms with Gasteiger partial charge in [0.2, 0.25) is 0 Å². The quantitative estimate of drug-likeness (QED) is 0.820. The Labute approximate surface area is 96.4 Å². The minimum Gasteiger partial charge on any atom is -0.316 e. The van der Waals surface area contributed by atoms with Gasteiger partial charge in [-0.2, -0.15) is 0 Å². The highest BCUT2D eigenvalue weighted by atomic mass is 35.5. The molecule has 1 N–H and O–H groups in total. The van der Waals surface area contributed by atoms with E-state index in [2.05, 4.69) is 20.3 Å². The fourth-order valence-electron chi connectivity index (χ4n) is 1.12. The van der Waals surface area contributed by atoms with Crippen LogP contribution in [-0.4, -0.2) is 15.0 Å². The van der Waals surface area contributed by atoms with E-state index in [0.717, 1.165) is 10.8 Å². The molecule has 0 saturated heterocycles. The van der Waals surface area contributed by atoms with Crippen molar-refractivity contribution in [3.8, 4) is 0 Å². The fourth-order valence-corrected chi connectivity index (χ4v) is 2.04. The number of halogens is 1. The summed E-state index contributed by atoms with van der Waals surface area (Å²) < 4.78 is 0. The van der Waals surface area contributed by atoms with E-state index >= 15 is 0 Å². The molecule has 0 atom stereocenters. The van der Waals surface area contributed by atoms with Crippen molar-refractivity contribution in [1.29, 1.82) is 0 Å².